The zero-order valence-corrected chi connectivity index (χ0v) is 47.7. The number of sulfonamides is 1. The van der Waals surface area contributed by atoms with Crippen molar-refractivity contribution in [2.24, 2.45) is 11.3 Å². The number of fused-ring (bicyclic) bond motifs is 1. The average Bonchev–Trinajstić information content (AvgIpc) is 3.62. The number of pyridine rings is 2. The summed E-state index contributed by atoms with van der Waals surface area (Å²) in [6, 6.07) is 24.0. The lowest BCUT2D eigenvalue weighted by atomic mass is 9.59. The number of hydrogen-bond donors (Lipinski definition) is 3. The fourth-order valence-corrected chi connectivity index (χ4v) is 14.3. The summed E-state index contributed by atoms with van der Waals surface area (Å²) in [5.74, 6) is -1.80. The summed E-state index contributed by atoms with van der Waals surface area (Å²) >= 11 is 0. The number of hydrogen-bond acceptors (Lipinski definition) is 15. The molecular weight excluding hydrogens is 1090 g/mol. The number of rotatable bonds is 17. The van der Waals surface area contributed by atoms with E-state index in [-0.39, 0.29) is 58.8 Å². The third-order valence-electron chi connectivity index (χ3n) is 17.1. The van der Waals surface area contributed by atoms with Gasteiger partial charge in [0.05, 0.1) is 31.1 Å². The molecule has 5 aromatic rings. The van der Waals surface area contributed by atoms with Crippen LogP contribution in [-0.2, 0) is 32.8 Å². The van der Waals surface area contributed by atoms with E-state index in [1.54, 1.807) is 26.2 Å². The third kappa shape index (κ3) is 12.3. The van der Waals surface area contributed by atoms with Crippen molar-refractivity contribution in [1.82, 2.24) is 24.5 Å². The van der Waals surface area contributed by atoms with Crippen LogP contribution in [0, 0.1) is 11.3 Å². The van der Waals surface area contributed by atoms with E-state index < -0.39 is 58.3 Å². The molecule has 3 N–H and O–H groups in total. The van der Waals surface area contributed by atoms with Crippen molar-refractivity contribution >= 4 is 43.1 Å². The smallest absolute Gasteiger partial charge is 0.497 e. The molecule has 1 spiro atoms. The van der Waals surface area contributed by atoms with Crippen molar-refractivity contribution in [2.75, 3.05) is 63.7 Å². The van der Waals surface area contributed by atoms with Gasteiger partial charge >= 0.3 is 5.51 Å². The molecule has 3 aromatic carbocycles. The van der Waals surface area contributed by atoms with E-state index in [1.165, 1.54) is 42.0 Å². The van der Waals surface area contributed by atoms with Crippen LogP contribution in [0.5, 0.6) is 23.1 Å². The second kappa shape index (κ2) is 22.8. The summed E-state index contributed by atoms with van der Waals surface area (Å²) in [4.78, 5) is 27.5. The number of benzene rings is 3. The summed E-state index contributed by atoms with van der Waals surface area (Å²) in [7, 11) is -8.30. The van der Waals surface area contributed by atoms with Crippen LogP contribution in [0.15, 0.2) is 101 Å². The number of nitrogens with zero attached hydrogens (tertiary/aromatic N) is 5. The molecule has 0 bridgehead atoms. The molecule has 2 aromatic heterocycles. The van der Waals surface area contributed by atoms with Gasteiger partial charge in [0, 0.05) is 87.8 Å². The molecule has 3 aliphatic carbocycles. The average molecular weight is 1160 g/mol. The van der Waals surface area contributed by atoms with Gasteiger partial charge in [-0.3, -0.25) is 14.6 Å². The predicted molar refractivity (Wildman–Crippen MR) is 298 cm³/mol. The van der Waals surface area contributed by atoms with Crippen LogP contribution < -0.4 is 29.1 Å². The number of piperidine rings is 1. The Balaban J connectivity index is 0.876. The second-order valence-electron chi connectivity index (χ2n) is 22.9. The topological polar surface area (TPSA) is 193 Å². The van der Waals surface area contributed by atoms with Gasteiger partial charge in [-0.1, -0.05) is 50.2 Å². The van der Waals surface area contributed by atoms with Gasteiger partial charge in [0.15, 0.2) is 5.75 Å². The molecule has 4 fully saturated rings. The highest BCUT2D eigenvalue weighted by atomic mass is 32.2. The van der Waals surface area contributed by atoms with E-state index in [2.05, 4.69) is 80.2 Å². The first-order chi connectivity index (χ1) is 38.4. The zero-order chi connectivity index (χ0) is 57.6. The molecule has 2 saturated heterocycles. The van der Waals surface area contributed by atoms with Crippen molar-refractivity contribution in [2.45, 2.75) is 124 Å². The number of methoxy groups -OCH3 is 2. The van der Waals surface area contributed by atoms with Crippen LogP contribution in [0.4, 0.5) is 29.1 Å². The summed E-state index contributed by atoms with van der Waals surface area (Å²) < 4.78 is 131. The van der Waals surface area contributed by atoms with Crippen molar-refractivity contribution in [3.05, 3.63) is 125 Å². The Morgan fingerprint density at radius 2 is 1.60 bits per heavy atom. The first-order valence-corrected chi connectivity index (χ1v) is 30.5. The number of ether oxygens (including phenoxy) is 3. The van der Waals surface area contributed by atoms with Gasteiger partial charge in [0.25, 0.3) is 31.6 Å². The molecule has 81 heavy (non-hydrogen) atoms. The number of amides is 1. The van der Waals surface area contributed by atoms with Gasteiger partial charge in [-0.15, -0.1) is 0 Å². The number of carbonyl (C=O) groups excluding carboxylic acids is 1. The highest BCUT2D eigenvalue weighted by Gasteiger charge is 2.51. The molecule has 22 heteroatoms. The lowest BCUT2D eigenvalue weighted by Crippen LogP contribution is -2.60. The van der Waals surface area contributed by atoms with Crippen molar-refractivity contribution in [1.29, 1.82) is 0 Å². The first kappa shape index (κ1) is 57.9. The van der Waals surface area contributed by atoms with E-state index in [0.29, 0.717) is 74.4 Å². The maximum atomic E-state index is 15.0. The number of aromatic nitrogens is 2. The summed E-state index contributed by atoms with van der Waals surface area (Å²) in [6.07, 6.45) is 7.90. The molecule has 0 unspecified atom stereocenters. The number of allylic oxidation sites excluding steroid dienone is 1. The summed E-state index contributed by atoms with van der Waals surface area (Å²) in [5, 5.41) is 13.0. The quantitative estimate of drug-likeness (QED) is 0.0744. The Hall–Kier alpha value is -6.33. The second-order valence-corrected chi connectivity index (χ2v) is 26.5. The van der Waals surface area contributed by atoms with Gasteiger partial charge < -0.3 is 29.5 Å². The molecule has 1 atom stereocenters. The number of sulfone groups is 1. The molecule has 16 nitrogen and oxygen atoms in total. The molecule has 5 aliphatic rings. The normalized spacial score (nSPS) is 21.8. The maximum absolute atomic E-state index is 15.0. The monoisotopic (exact) mass is 1160 g/mol. The molecular formula is C59H69F4N7O9S2. The van der Waals surface area contributed by atoms with Gasteiger partial charge in [-0.25, -0.2) is 35.9 Å². The minimum atomic E-state index is -6.18. The van der Waals surface area contributed by atoms with Crippen molar-refractivity contribution < 1.29 is 58.5 Å². The van der Waals surface area contributed by atoms with E-state index in [0.717, 1.165) is 57.6 Å². The van der Waals surface area contributed by atoms with Gasteiger partial charge in [0.2, 0.25) is 0 Å². The predicted octanol–water partition coefficient (Wildman–Crippen LogP) is 10.3. The largest absolute Gasteiger partial charge is 0.502 e. The number of aliphatic hydroxyl groups is 1. The minimum absolute atomic E-state index is 0.00234. The zero-order valence-electron chi connectivity index (χ0n) is 46.1. The van der Waals surface area contributed by atoms with Crippen LogP contribution in [0.1, 0.15) is 122 Å². The van der Waals surface area contributed by atoms with Gasteiger partial charge in [-0.2, -0.15) is 13.2 Å². The van der Waals surface area contributed by atoms with E-state index in [9.17, 15) is 39.9 Å². The summed E-state index contributed by atoms with van der Waals surface area (Å²) in [5.41, 5.74) is -1.82. The number of piperazine rings is 1. The lowest BCUT2D eigenvalue weighted by molar-refractivity contribution is -0.0628. The minimum Gasteiger partial charge on any atom is -0.497 e. The Morgan fingerprint density at radius 3 is 2.28 bits per heavy atom. The lowest BCUT2D eigenvalue weighted by Gasteiger charge is -2.58. The van der Waals surface area contributed by atoms with Crippen LogP contribution in [0.25, 0.3) is 5.83 Å². The standard InChI is InChI=1S/C59H69F4N7O9S2/c1-37(2)44-8-6-7-9-45(44)50-36-68(35-39-10-13-42(77-4)14-11-39)26-27-70(50)41-31-58(32-41)22-24-69(25-23-58)40-12-15-46(51(28-40)79-52-30-47-48(60)16-17-49(47)66-56(52)78-5)55(71)67-81(75,76)43-29-53(80(73,74)59(61,62)63)54(65-34-43)64-33-38-18-20-57(3,72)21-19-38/h6-16,28-30,34,37-38,41,50,72H,17-27,31-33,35-36H2,1-5H3,(H,64,65)(H,67,71)/t38-,50-,57-/m0/s1. The molecule has 1 amide bonds. The molecule has 0 radical (unpaired) electrons. The molecule has 434 valence electrons. The number of halogens is 4. The Labute approximate surface area is 470 Å². The summed E-state index contributed by atoms with van der Waals surface area (Å²) in [6.45, 7) is 11.1. The molecule has 4 heterocycles. The Kier molecular flexibility index (Phi) is 16.3. The van der Waals surface area contributed by atoms with Crippen LogP contribution in [0.2, 0.25) is 0 Å². The van der Waals surface area contributed by atoms with Crippen molar-refractivity contribution in [3.63, 3.8) is 0 Å². The molecule has 2 saturated carbocycles. The van der Waals surface area contributed by atoms with Crippen molar-refractivity contribution in [3.8, 4) is 23.1 Å². The van der Waals surface area contributed by atoms with Crippen LogP contribution in [0.3, 0.4) is 0 Å². The Bertz CT molecular complexity index is 3410. The first-order valence-electron chi connectivity index (χ1n) is 27.5. The highest BCUT2D eigenvalue weighted by molar-refractivity contribution is 7.92. The van der Waals surface area contributed by atoms with E-state index in [4.69, 9.17) is 14.2 Å². The van der Waals surface area contributed by atoms with Crippen LogP contribution >= 0.6 is 0 Å². The van der Waals surface area contributed by atoms with Gasteiger partial charge in [0.1, 0.15) is 32.9 Å². The third-order valence-corrected chi connectivity index (χ3v) is 19.9. The Morgan fingerprint density at radius 1 is 0.889 bits per heavy atom. The molecule has 2 aliphatic heterocycles. The van der Waals surface area contributed by atoms with E-state index in [1.807, 2.05) is 16.9 Å². The fourth-order valence-electron chi connectivity index (χ4n) is 12.4. The fraction of sp³-hybridized carbons (Fsp3) is 0.475. The maximum Gasteiger partial charge on any atom is 0.502 e. The van der Waals surface area contributed by atoms with E-state index >= 15 is 4.39 Å². The number of nitrogens with one attached hydrogen (secondary N) is 2. The highest BCUT2D eigenvalue weighted by Crippen LogP contribution is 2.54. The molecule has 10 rings (SSSR count). The van der Waals surface area contributed by atoms with Gasteiger partial charge in [-0.05, 0) is 135 Å². The van der Waals surface area contributed by atoms with Crippen LogP contribution in [-0.4, -0.2) is 118 Å². The SMILES string of the molecule is COc1ccc(CN2CCN(C3CC4(CCN(c5ccc(C(=O)NS(=O)(=O)c6cnc(NC[C@H]7CC[C@](C)(O)CC7)c(S(=O)(=O)C(F)(F)F)c6)c(Oc6cc7c(nc6OC)CC=C7F)c5)CC4)C3)[C@H](c3ccccc3C(C)C)C2)cc1. The number of carbonyl (C=O) groups is 1. The number of anilines is 2. The number of alkyl halides is 3.